The van der Waals surface area contributed by atoms with Crippen LogP contribution in [0.5, 0.6) is 0 Å². The topological polar surface area (TPSA) is 128 Å². The highest BCUT2D eigenvalue weighted by Gasteiger charge is 2.32. The molecule has 0 bridgehead atoms. The van der Waals surface area contributed by atoms with Crippen molar-refractivity contribution >= 4 is 17.7 Å². The van der Waals surface area contributed by atoms with Crippen LogP contribution in [0.4, 0.5) is 0 Å². The van der Waals surface area contributed by atoms with E-state index in [1.807, 2.05) is 0 Å². The number of hydrogen-bond donors (Lipinski definition) is 3. The van der Waals surface area contributed by atoms with Crippen molar-refractivity contribution in [1.29, 1.82) is 0 Å². The van der Waals surface area contributed by atoms with E-state index in [2.05, 4.69) is 5.32 Å². The number of methoxy groups -OCH3 is 1. The molecule has 114 valence electrons. The Bertz CT molecular complexity index is 372. The standard InChI is InChI=1S/C7H13NO3.C5H7NO3/c1-4-7(9)5(8)3-6(10-2)11-4;7-4-2-1-3(6-4)5(8)9/h4-6H,3,8H2,1-2H3;3H,1-2H2,(H,6,7)(H,8,9)/t4-,5-,6+;3-/m00/s1. The first-order valence-electron chi connectivity index (χ1n) is 6.35. The van der Waals surface area contributed by atoms with Gasteiger partial charge in [0, 0.05) is 20.0 Å². The van der Waals surface area contributed by atoms with Crippen LogP contribution >= 0.6 is 0 Å². The number of hydrogen-bond acceptors (Lipinski definition) is 6. The molecule has 0 aromatic carbocycles. The Morgan fingerprint density at radius 2 is 2.15 bits per heavy atom. The molecular formula is C12H20N2O6. The van der Waals surface area contributed by atoms with Gasteiger partial charge in [-0.25, -0.2) is 4.79 Å². The molecule has 2 heterocycles. The van der Waals surface area contributed by atoms with Crippen molar-refractivity contribution in [3.63, 3.8) is 0 Å². The summed E-state index contributed by atoms with van der Waals surface area (Å²) in [6.07, 6.45) is 0.478. The largest absolute Gasteiger partial charge is 0.480 e. The SMILES string of the molecule is CO[C@H]1C[C@H](N)C(=O)[C@H](C)O1.O=C1CC[C@@H](C(=O)O)N1. The molecule has 0 unspecified atom stereocenters. The molecule has 8 heteroatoms. The van der Waals surface area contributed by atoms with E-state index in [-0.39, 0.29) is 18.0 Å². The first kappa shape index (κ1) is 16.5. The van der Waals surface area contributed by atoms with Gasteiger partial charge in [-0.15, -0.1) is 0 Å². The highest BCUT2D eigenvalue weighted by Crippen LogP contribution is 2.15. The number of nitrogens with two attached hydrogens (primary N) is 1. The van der Waals surface area contributed by atoms with Crippen LogP contribution in [0.25, 0.3) is 0 Å². The van der Waals surface area contributed by atoms with Crippen molar-refractivity contribution in [2.45, 2.75) is 50.7 Å². The number of Topliss-reactive ketones (excluding diaryl/α,β-unsaturated/α-hetero) is 1. The van der Waals surface area contributed by atoms with Crippen LogP contribution in [0.15, 0.2) is 0 Å². The predicted molar refractivity (Wildman–Crippen MR) is 67.7 cm³/mol. The summed E-state index contributed by atoms with van der Waals surface area (Å²) in [4.78, 5) is 31.6. The summed E-state index contributed by atoms with van der Waals surface area (Å²) < 4.78 is 10.1. The number of carbonyl (C=O) groups is 3. The maximum atomic E-state index is 11.1. The minimum Gasteiger partial charge on any atom is -0.480 e. The maximum absolute atomic E-state index is 11.1. The van der Waals surface area contributed by atoms with Crippen LogP contribution < -0.4 is 11.1 Å². The number of rotatable bonds is 2. The molecule has 0 radical (unpaired) electrons. The highest BCUT2D eigenvalue weighted by atomic mass is 16.7. The average Bonchev–Trinajstić information content (AvgIpc) is 2.83. The lowest BCUT2D eigenvalue weighted by molar-refractivity contribution is -0.185. The summed E-state index contributed by atoms with van der Waals surface area (Å²) >= 11 is 0. The highest BCUT2D eigenvalue weighted by molar-refractivity contribution is 5.88. The lowest BCUT2D eigenvalue weighted by Crippen LogP contribution is -2.48. The molecule has 2 aliphatic rings. The van der Waals surface area contributed by atoms with Gasteiger partial charge in [0.05, 0.1) is 6.04 Å². The summed E-state index contributed by atoms with van der Waals surface area (Å²) in [6.45, 7) is 1.69. The van der Waals surface area contributed by atoms with Gasteiger partial charge < -0.3 is 25.6 Å². The quantitative estimate of drug-likeness (QED) is 0.595. The fraction of sp³-hybridized carbons (Fsp3) is 0.750. The Balaban J connectivity index is 0.000000204. The summed E-state index contributed by atoms with van der Waals surface area (Å²) in [7, 11) is 1.54. The van der Waals surface area contributed by atoms with Crippen LogP contribution in [0, 0.1) is 0 Å². The Kier molecular flexibility index (Phi) is 6.05. The molecule has 20 heavy (non-hydrogen) atoms. The second-order valence-electron chi connectivity index (χ2n) is 4.69. The zero-order chi connectivity index (χ0) is 15.3. The lowest BCUT2D eigenvalue weighted by atomic mass is 10.0. The molecule has 4 atom stereocenters. The summed E-state index contributed by atoms with van der Waals surface area (Å²) in [5.74, 6) is -1.15. The van der Waals surface area contributed by atoms with Crippen molar-refractivity contribution in [3.8, 4) is 0 Å². The van der Waals surface area contributed by atoms with E-state index in [0.29, 0.717) is 19.3 Å². The monoisotopic (exact) mass is 288 g/mol. The molecule has 2 saturated heterocycles. The smallest absolute Gasteiger partial charge is 0.326 e. The van der Waals surface area contributed by atoms with E-state index < -0.39 is 24.2 Å². The zero-order valence-electron chi connectivity index (χ0n) is 11.5. The second kappa shape index (κ2) is 7.32. The first-order chi connectivity index (χ1) is 9.35. The Morgan fingerprint density at radius 1 is 1.50 bits per heavy atom. The molecular weight excluding hydrogens is 268 g/mol. The van der Waals surface area contributed by atoms with Gasteiger partial charge in [0.1, 0.15) is 12.1 Å². The minimum absolute atomic E-state index is 0.0432. The summed E-state index contributed by atoms with van der Waals surface area (Å²) in [6, 6.07) is -1.07. The van der Waals surface area contributed by atoms with Crippen LogP contribution in [-0.4, -0.2) is 54.4 Å². The third kappa shape index (κ3) is 4.55. The van der Waals surface area contributed by atoms with Gasteiger partial charge in [0.15, 0.2) is 12.1 Å². The predicted octanol–water partition coefficient (Wildman–Crippen LogP) is -0.986. The molecule has 1 amide bonds. The molecule has 0 spiro atoms. The Labute approximate surface area is 116 Å². The molecule has 4 N–H and O–H groups in total. The van der Waals surface area contributed by atoms with Gasteiger partial charge in [-0.1, -0.05) is 0 Å². The fourth-order valence-corrected chi connectivity index (χ4v) is 1.93. The molecule has 2 aliphatic heterocycles. The molecule has 8 nitrogen and oxygen atoms in total. The van der Waals surface area contributed by atoms with E-state index in [1.54, 1.807) is 14.0 Å². The minimum atomic E-state index is -0.944. The van der Waals surface area contributed by atoms with Crippen LogP contribution in [0.3, 0.4) is 0 Å². The van der Waals surface area contributed by atoms with Crippen molar-refractivity contribution in [2.75, 3.05) is 7.11 Å². The molecule has 0 aromatic rings. The van der Waals surface area contributed by atoms with Crippen molar-refractivity contribution in [3.05, 3.63) is 0 Å². The summed E-state index contributed by atoms with van der Waals surface area (Å²) in [5.41, 5.74) is 5.53. The lowest BCUT2D eigenvalue weighted by Gasteiger charge is -2.29. The van der Waals surface area contributed by atoms with Gasteiger partial charge in [-0.3, -0.25) is 9.59 Å². The third-order valence-corrected chi connectivity index (χ3v) is 3.12. The number of aliphatic carboxylic acids is 1. The molecule has 0 aliphatic carbocycles. The molecule has 2 fully saturated rings. The van der Waals surface area contributed by atoms with Crippen molar-refractivity contribution < 1.29 is 29.0 Å². The normalized spacial score (nSPS) is 33.1. The fourth-order valence-electron chi connectivity index (χ4n) is 1.93. The zero-order valence-corrected chi connectivity index (χ0v) is 11.5. The Hall–Kier alpha value is -1.51. The second-order valence-corrected chi connectivity index (χ2v) is 4.69. The molecule has 2 rings (SSSR count). The van der Waals surface area contributed by atoms with Gasteiger partial charge >= 0.3 is 5.97 Å². The first-order valence-corrected chi connectivity index (χ1v) is 6.35. The van der Waals surface area contributed by atoms with Gasteiger partial charge in [-0.2, -0.15) is 0 Å². The van der Waals surface area contributed by atoms with Crippen molar-refractivity contribution in [1.82, 2.24) is 5.32 Å². The molecule has 0 aromatic heterocycles. The molecule has 0 saturated carbocycles. The number of ketones is 1. The van der Waals surface area contributed by atoms with E-state index in [9.17, 15) is 14.4 Å². The van der Waals surface area contributed by atoms with Gasteiger partial charge in [-0.05, 0) is 13.3 Å². The number of nitrogens with one attached hydrogen (secondary N) is 1. The van der Waals surface area contributed by atoms with E-state index in [4.69, 9.17) is 20.3 Å². The Morgan fingerprint density at radius 3 is 2.50 bits per heavy atom. The number of carboxylic acid groups (broad SMARTS) is 1. The van der Waals surface area contributed by atoms with Crippen molar-refractivity contribution in [2.24, 2.45) is 5.73 Å². The maximum Gasteiger partial charge on any atom is 0.326 e. The number of amides is 1. The van der Waals surface area contributed by atoms with E-state index in [1.165, 1.54) is 0 Å². The van der Waals surface area contributed by atoms with E-state index >= 15 is 0 Å². The van der Waals surface area contributed by atoms with Crippen LogP contribution in [-0.2, 0) is 23.9 Å². The van der Waals surface area contributed by atoms with Crippen LogP contribution in [0.2, 0.25) is 0 Å². The third-order valence-electron chi connectivity index (χ3n) is 3.12. The van der Waals surface area contributed by atoms with E-state index in [0.717, 1.165) is 0 Å². The number of carboxylic acids is 1. The van der Waals surface area contributed by atoms with Gasteiger partial charge in [0.25, 0.3) is 0 Å². The average molecular weight is 288 g/mol. The van der Waals surface area contributed by atoms with Gasteiger partial charge in [0.2, 0.25) is 5.91 Å². The number of carbonyl (C=O) groups excluding carboxylic acids is 2. The van der Waals surface area contributed by atoms with Crippen LogP contribution in [0.1, 0.15) is 26.2 Å². The summed E-state index contributed by atoms with van der Waals surface area (Å²) in [5, 5.41) is 10.6. The number of ether oxygens (including phenoxy) is 2.